The van der Waals surface area contributed by atoms with Crippen LogP contribution < -0.4 is 14.8 Å². The van der Waals surface area contributed by atoms with E-state index < -0.39 is 18.5 Å². The Bertz CT molecular complexity index is 890. The highest BCUT2D eigenvalue weighted by Gasteiger charge is 2.20. The number of amides is 1. The summed E-state index contributed by atoms with van der Waals surface area (Å²) in [6.45, 7) is 0.435. The lowest BCUT2D eigenvalue weighted by Crippen LogP contribution is -2.20. The van der Waals surface area contributed by atoms with Crippen molar-refractivity contribution < 1.29 is 23.8 Å². The van der Waals surface area contributed by atoms with Gasteiger partial charge in [0.15, 0.2) is 18.1 Å². The van der Waals surface area contributed by atoms with Gasteiger partial charge in [-0.05, 0) is 23.6 Å². The smallest absolute Gasteiger partial charge is 0.338 e. The monoisotopic (exact) mass is 392 g/mol. The van der Waals surface area contributed by atoms with Crippen LogP contribution in [-0.2, 0) is 9.53 Å². The molecule has 1 N–H and O–H groups in total. The topological polar surface area (TPSA) is 97.7 Å². The molecular weight excluding hydrogens is 380 g/mol. The van der Waals surface area contributed by atoms with Crippen LogP contribution in [0, 0.1) is 11.3 Å². The van der Waals surface area contributed by atoms with Crippen molar-refractivity contribution >= 4 is 39.8 Å². The third-order valence-corrected chi connectivity index (χ3v) is 4.52. The number of halogens is 1. The molecule has 2 aromatic rings. The van der Waals surface area contributed by atoms with Gasteiger partial charge in [0.2, 0.25) is 0 Å². The second-order valence-electron chi connectivity index (χ2n) is 5.24. The molecule has 1 aromatic carbocycles. The van der Waals surface area contributed by atoms with Crippen LogP contribution in [0.4, 0.5) is 5.00 Å². The van der Waals surface area contributed by atoms with Gasteiger partial charge in [-0.15, -0.1) is 11.3 Å². The van der Waals surface area contributed by atoms with Crippen molar-refractivity contribution in [3.05, 3.63) is 39.7 Å². The number of benzene rings is 1. The number of carbonyl (C=O) groups is 2. The van der Waals surface area contributed by atoms with E-state index in [0.29, 0.717) is 41.7 Å². The molecule has 1 aromatic heterocycles. The van der Waals surface area contributed by atoms with E-state index >= 15 is 0 Å². The largest absolute Gasteiger partial charge is 0.489 e. The van der Waals surface area contributed by atoms with E-state index in [1.54, 1.807) is 11.4 Å². The van der Waals surface area contributed by atoms with Crippen LogP contribution in [0.1, 0.15) is 22.3 Å². The van der Waals surface area contributed by atoms with Crippen molar-refractivity contribution in [2.75, 3.05) is 25.1 Å². The number of carbonyl (C=O) groups excluding carboxylic acids is 2. The molecule has 0 saturated carbocycles. The Labute approximate surface area is 158 Å². The Morgan fingerprint density at radius 1 is 1.35 bits per heavy atom. The van der Waals surface area contributed by atoms with Gasteiger partial charge in [0.1, 0.15) is 11.1 Å². The van der Waals surface area contributed by atoms with E-state index in [4.69, 9.17) is 31.1 Å². The fourth-order valence-corrected chi connectivity index (χ4v) is 3.24. The molecule has 0 saturated heterocycles. The normalized spacial score (nSPS) is 12.6. The number of hydrogen-bond acceptors (Lipinski definition) is 7. The van der Waals surface area contributed by atoms with Crippen molar-refractivity contribution in [3.63, 3.8) is 0 Å². The lowest BCUT2D eigenvalue weighted by molar-refractivity contribution is -0.119. The number of esters is 1. The zero-order valence-electron chi connectivity index (χ0n) is 13.4. The summed E-state index contributed by atoms with van der Waals surface area (Å²) in [5.74, 6) is -0.508. The van der Waals surface area contributed by atoms with Crippen molar-refractivity contribution in [2.24, 2.45) is 0 Å². The number of anilines is 1. The Kier molecular flexibility index (Phi) is 5.61. The summed E-state index contributed by atoms with van der Waals surface area (Å²) in [6, 6.07) is 6.43. The molecule has 0 radical (unpaired) electrons. The summed E-state index contributed by atoms with van der Waals surface area (Å²) >= 11 is 7.34. The Morgan fingerprint density at radius 2 is 2.15 bits per heavy atom. The van der Waals surface area contributed by atoms with E-state index in [0.717, 1.165) is 0 Å². The van der Waals surface area contributed by atoms with Gasteiger partial charge in [-0.2, -0.15) is 5.26 Å². The van der Waals surface area contributed by atoms with Crippen LogP contribution in [0.2, 0.25) is 5.02 Å². The van der Waals surface area contributed by atoms with E-state index in [-0.39, 0.29) is 10.6 Å². The molecule has 0 unspecified atom stereocenters. The van der Waals surface area contributed by atoms with Crippen molar-refractivity contribution in [2.45, 2.75) is 6.42 Å². The third kappa shape index (κ3) is 4.07. The molecule has 1 amide bonds. The van der Waals surface area contributed by atoms with Crippen molar-refractivity contribution in [1.29, 1.82) is 5.26 Å². The molecular formula is C17H13ClN2O5S. The van der Waals surface area contributed by atoms with Crippen LogP contribution in [0.5, 0.6) is 11.5 Å². The standard InChI is InChI=1S/C17H13ClN2O5S/c18-12-6-11(7-13-15(12)24-4-1-3-23-13)17(22)25-9-14(21)20-16-10(8-19)2-5-26-16/h2,5-7H,1,3-4,9H2,(H,20,21). The summed E-state index contributed by atoms with van der Waals surface area (Å²) in [5.41, 5.74) is 0.505. The van der Waals surface area contributed by atoms with Gasteiger partial charge in [0.25, 0.3) is 5.91 Å². The molecule has 0 spiro atoms. The lowest BCUT2D eigenvalue weighted by atomic mass is 10.2. The molecule has 1 aliphatic rings. The minimum atomic E-state index is -0.718. The van der Waals surface area contributed by atoms with Gasteiger partial charge < -0.3 is 19.5 Å². The van der Waals surface area contributed by atoms with Gasteiger partial charge in [0.05, 0.1) is 29.4 Å². The minimum absolute atomic E-state index is 0.154. The van der Waals surface area contributed by atoms with Gasteiger partial charge >= 0.3 is 5.97 Å². The summed E-state index contributed by atoms with van der Waals surface area (Å²) in [5, 5.41) is 13.8. The summed E-state index contributed by atoms with van der Waals surface area (Å²) < 4.78 is 16.0. The predicted octanol–water partition coefficient (Wildman–Crippen LogP) is 3.23. The molecule has 3 rings (SSSR count). The quantitative estimate of drug-likeness (QED) is 0.802. The van der Waals surface area contributed by atoms with Crippen LogP contribution in [-0.4, -0.2) is 31.7 Å². The molecule has 1 aliphatic heterocycles. The SMILES string of the molecule is N#Cc1ccsc1NC(=O)COC(=O)c1cc(Cl)c2c(c1)OCCCO2. The molecule has 0 aliphatic carbocycles. The number of hydrogen-bond donors (Lipinski definition) is 1. The number of nitrogens with zero attached hydrogens (tertiary/aromatic N) is 1. The molecule has 0 fully saturated rings. The maximum atomic E-state index is 12.2. The molecule has 7 nitrogen and oxygen atoms in total. The highest BCUT2D eigenvalue weighted by Crippen LogP contribution is 2.38. The number of thiophene rings is 1. The van der Waals surface area contributed by atoms with E-state index in [9.17, 15) is 9.59 Å². The Balaban J connectivity index is 1.63. The first-order valence-electron chi connectivity index (χ1n) is 7.62. The number of ether oxygens (including phenoxy) is 3. The average molecular weight is 393 g/mol. The minimum Gasteiger partial charge on any atom is -0.489 e. The molecule has 134 valence electrons. The maximum Gasteiger partial charge on any atom is 0.338 e. The lowest BCUT2D eigenvalue weighted by Gasteiger charge is -2.11. The van der Waals surface area contributed by atoms with Gasteiger partial charge in [-0.3, -0.25) is 4.79 Å². The predicted molar refractivity (Wildman–Crippen MR) is 95.0 cm³/mol. The first-order chi connectivity index (χ1) is 12.6. The molecule has 2 heterocycles. The molecule has 9 heteroatoms. The number of fused-ring (bicyclic) bond motifs is 1. The van der Waals surface area contributed by atoms with Crippen LogP contribution in [0.15, 0.2) is 23.6 Å². The first-order valence-corrected chi connectivity index (χ1v) is 8.88. The molecule has 0 bridgehead atoms. The maximum absolute atomic E-state index is 12.2. The number of nitriles is 1. The van der Waals surface area contributed by atoms with Gasteiger partial charge in [0, 0.05) is 6.42 Å². The molecule has 0 atom stereocenters. The van der Waals surface area contributed by atoms with Crippen LogP contribution in [0.25, 0.3) is 0 Å². The second kappa shape index (κ2) is 8.08. The number of nitrogens with one attached hydrogen (secondary N) is 1. The fourth-order valence-electron chi connectivity index (χ4n) is 2.22. The first kappa shape index (κ1) is 18.0. The third-order valence-electron chi connectivity index (χ3n) is 3.41. The van der Waals surface area contributed by atoms with Crippen LogP contribution >= 0.6 is 22.9 Å². The fraction of sp³-hybridized carbons (Fsp3) is 0.235. The van der Waals surface area contributed by atoms with Gasteiger partial charge in [-0.1, -0.05) is 11.6 Å². The highest BCUT2D eigenvalue weighted by atomic mass is 35.5. The summed E-state index contributed by atoms with van der Waals surface area (Å²) in [4.78, 5) is 24.1. The number of rotatable bonds is 4. The van der Waals surface area contributed by atoms with E-state index in [1.165, 1.54) is 23.5 Å². The average Bonchev–Trinajstić information content (AvgIpc) is 2.93. The second-order valence-corrected chi connectivity index (χ2v) is 6.56. The zero-order chi connectivity index (χ0) is 18.5. The van der Waals surface area contributed by atoms with Crippen molar-refractivity contribution in [1.82, 2.24) is 0 Å². The van der Waals surface area contributed by atoms with Crippen LogP contribution in [0.3, 0.4) is 0 Å². The van der Waals surface area contributed by atoms with E-state index in [2.05, 4.69) is 5.32 Å². The highest BCUT2D eigenvalue weighted by molar-refractivity contribution is 7.14. The zero-order valence-corrected chi connectivity index (χ0v) is 15.0. The van der Waals surface area contributed by atoms with Gasteiger partial charge in [-0.25, -0.2) is 4.79 Å². The van der Waals surface area contributed by atoms with E-state index in [1.807, 2.05) is 6.07 Å². The Hall–Kier alpha value is -2.76. The summed E-state index contributed by atoms with van der Waals surface area (Å²) in [7, 11) is 0. The van der Waals surface area contributed by atoms with Crippen molar-refractivity contribution in [3.8, 4) is 17.6 Å². The Morgan fingerprint density at radius 3 is 2.96 bits per heavy atom. The summed E-state index contributed by atoms with van der Waals surface area (Å²) in [6.07, 6.45) is 0.707. The molecule has 26 heavy (non-hydrogen) atoms.